The third-order valence-electron chi connectivity index (χ3n) is 2.94. The third kappa shape index (κ3) is 3.55. The van der Waals surface area contributed by atoms with Crippen molar-refractivity contribution in [1.29, 1.82) is 0 Å². The first-order valence-electron chi connectivity index (χ1n) is 6.67. The monoisotopic (exact) mass is 314 g/mol. The number of rotatable bonds is 8. The minimum Gasteiger partial charge on any atom is -0.493 e. The van der Waals surface area contributed by atoms with Gasteiger partial charge in [-0.05, 0) is 18.2 Å². The molecule has 0 atom stereocenters. The molecule has 0 unspecified atom stereocenters. The maximum absolute atomic E-state index is 12.1. The van der Waals surface area contributed by atoms with Crippen molar-refractivity contribution in [1.82, 2.24) is 0 Å². The van der Waals surface area contributed by atoms with Crippen molar-refractivity contribution in [3.63, 3.8) is 0 Å². The standard InChI is InChI=1S/C14H18O6S/c15-6-1-8-19-12-3-4-13(20-9-2-7-16)14-11(12)5-10-21(14,17)18/h3-5,10,15-16H,1-2,6-9H2. The number of sulfone groups is 1. The molecule has 0 bridgehead atoms. The fourth-order valence-electron chi connectivity index (χ4n) is 1.97. The molecule has 0 saturated carbocycles. The smallest absolute Gasteiger partial charge is 0.204 e. The van der Waals surface area contributed by atoms with Crippen molar-refractivity contribution in [2.75, 3.05) is 26.4 Å². The summed E-state index contributed by atoms with van der Waals surface area (Å²) >= 11 is 0. The molecule has 0 aliphatic carbocycles. The second-order valence-electron chi connectivity index (χ2n) is 4.50. The van der Waals surface area contributed by atoms with E-state index in [9.17, 15) is 8.42 Å². The molecular formula is C14H18O6S. The topological polar surface area (TPSA) is 93.1 Å². The first-order chi connectivity index (χ1) is 10.1. The molecule has 2 rings (SSSR count). The van der Waals surface area contributed by atoms with E-state index in [2.05, 4.69) is 0 Å². The van der Waals surface area contributed by atoms with E-state index in [1.54, 1.807) is 12.1 Å². The summed E-state index contributed by atoms with van der Waals surface area (Å²) in [5, 5.41) is 18.6. The number of fused-ring (bicyclic) bond motifs is 1. The molecule has 0 spiro atoms. The van der Waals surface area contributed by atoms with Crippen LogP contribution in [0.3, 0.4) is 0 Å². The average molecular weight is 314 g/mol. The van der Waals surface area contributed by atoms with E-state index in [1.165, 1.54) is 6.08 Å². The summed E-state index contributed by atoms with van der Waals surface area (Å²) in [6, 6.07) is 3.20. The molecule has 1 aromatic rings. The van der Waals surface area contributed by atoms with Gasteiger partial charge in [0.05, 0.1) is 13.2 Å². The Kier molecular flexibility index (Phi) is 5.22. The summed E-state index contributed by atoms with van der Waals surface area (Å²) in [4.78, 5) is 0.0990. The van der Waals surface area contributed by atoms with Crippen LogP contribution in [0.25, 0.3) is 6.08 Å². The van der Waals surface area contributed by atoms with Gasteiger partial charge in [0.15, 0.2) is 0 Å². The summed E-state index contributed by atoms with van der Waals surface area (Å²) in [5.41, 5.74) is 0.467. The molecule has 0 aromatic heterocycles. The van der Waals surface area contributed by atoms with Gasteiger partial charge >= 0.3 is 0 Å². The zero-order valence-corrected chi connectivity index (χ0v) is 12.3. The van der Waals surface area contributed by atoms with Crippen LogP contribution < -0.4 is 9.47 Å². The SMILES string of the molecule is O=S1(=O)C=Cc2c(OCCCO)ccc(OCCCO)c21. The van der Waals surface area contributed by atoms with E-state index < -0.39 is 9.84 Å². The summed E-state index contributed by atoms with van der Waals surface area (Å²) in [5.74, 6) is 0.711. The molecular weight excluding hydrogens is 296 g/mol. The number of aliphatic hydroxyl groups excluding tert-OH is 2. The van der Waals surface area contributed by atoms with Gasteiger partial charge in [0.1, 0.15) is 16.4 Å². The molecule has 6 nitrogen and oxygen atoms in total. The first-order valence-corrected chi connectivity index (χ1v) is 8.22. The van der Waals surface area contributed by atoms with Crippen molar-refractivity contribution in [2.45, 2.75) is 17.7 Å². The van der Waals surface area contributed by atoms with E-state index in [-0.39, 0.29) is 30.5 Å². The van der Waals surface area contributed by atoms with Gasteiger partial charge in [0.25, 0.3) is 0 Å². The number of hydrogen-bond acceptors (Lipinski definition) is 6. The van der Waals surface area contributed by atoms with Crippen LogP contribution in [0.5, 0.6) is 11.5 Å². The van der Waals surface area contributed by atoms with Crippen LogP contribution in [0.2, 0.25) is 0 Å². The van der Waals surface area contributed by atoms with Gasteiger partial charge in [0.2, 0.25) is 9.84 Å². The number of hydrogen-bond donors (Lipinski definition) is 2. The van der Waals surface area contributed by atoms with Crippen molar-refractivity contribution in [2.24, 2.45) is 0 Å². The molecule has 0 radical (unpaired) electrons. The lowest BCUT2D eigenvalue weighted by atomic mass is 10.2. The maximum Gasteiger partial charge on any atom is 0.204 e. The molecule has 116 valence electrons. The van der Waals surface area contributed by atoms with Crippen LogP contribution in [0, 0.1) is 0 Å². The highest BCUT2D eigenvalue weighted by molar-refractivity contribution is 7.95. The molecule has 2 N–H and O–H groups in total. The Morgan fingerprint density at radius 3 is 2.14 bits per heavy atom. The van der Waals surface area contributed by atoms with Gasteiger partial charge in [-0.2, -0.15) is 0 Å². The van der Waals surface area contributed by atoms with Crippen molar-refractivity contribution >= 4 is 15.9 Å². The normalized spacial score (nSPS) is 15.0. The van der Waals surface area contributed by atoms with E-state index in [0.29, 0.717) is 30.8 Å². The molecule has 21 heavy (non-hydrogen) atoms. The van der Waals surface area contributed by atoms with Gasteiger partial charge in [-0.15, -0.1) is 0 Å². The molecule has 0 fully saturated rings. The summed E-state index contributed by atoms with van der Waals surface area (Å²) < 4.78 is 35.1. The van der Waals surface area contributed by atoms with Crippen molar-refractivity contribution in [3.05, 3.63) is 23.1 Å². The van der Waals surface area contributed by atoms with E-state index >= 15 is 0 Å². The lowest BCUT2D eigenvalue weighted by Gasteiger charge is -2.14. The van der Waals surface area contributed by atoms with Crippen LogP contribution >= 0.6 is 0 Å². The summed E-state index contributed by atoms with van der Waals surface area (Å²) in [6.45, 7) is 0.541. The second-order valence-corrected chi connectivity index (χ2v) is 6.27. The Morgan fingerprint density at radius 2 is 1.52 bits per heavy atom. The lowest BCUT2D eigenvalue weighted by molar-refractivity contribution is 0.227. The number of benzene rings is 1. The Bertz CT molecular complexity index is 621. The Morgan fingerprint density at radius 1 is 0.952 bits per heavy atom. The number of ether oxygens (including phenoxy) is 2. The molecule has 1 aliphatic rings. The zero-order chi connectivity index (χ0) is 15.3. The second kappa shape index (κ2) is 6.93. The molecule has 1 heterocycles. The average Bonchev–Trinajstić information content (AvgIpc) is 2.78. The highest BCUT2D eigenvalue weighted by atomic mass is 32.2. The van der Waals surface area contributed by atoms with E-state index in [1.807, 2.05) is 0 Å². The molecule has 1 aliphatic heterocycles. The van der Waals surface area contributed by atoms with Crippen LogP contribution in [0.4, 0.5) is 0 Å². The third-order valence-corrected chi connectivity index (χ3v) is 4.42. The quantitative estimate of drug-likeness (QED) is 0.695. The fourth-order valence-corrected chi connectivity index (χ4v) is 3.31. The molecule has 1 aromatic carbocycles. The van der Waals surface area contributed by atoms with Crippen molar-refractivity contribution in [3.8, 4) is 11.5 Å². The highest BCUT2D eigenvalue weighted by Gasteiger charge is 2.28. The predicted octanol–water partition coefficient (Wildman–Crippen LogP) is 0.967. The zero-order valence-electron chi connectivity index (χ0n) is 11.5. The van der Waals surface area contributed by atoms with E-state index in [0.717, 1.165) is 5.41 Å². The van der Waals surface area contributed by atoms with Gasteiger partial charge < -0.3 is 19.7 Å². The molecule has 0 saturated heterocycles. The van der Waals surface area contributed by atoms with E-state index in [4.69, 9.17) is 19.7 Å². The first kappa shape index (κ1) is 15.8. The maximum atomic E-state index is 12.1. The van der Waals surface area contributed by atoms with Crippen LogP contribution in [0.1, 0.15) is 18.4 Å². The fraction of sp³-hybridized carbons (Fsp3) is 0.429. The van der Waals surface area contributed by atoms with Gasteiger partial charge in [0, 0.05) is 37.0 Å². The van der Waals surface area contributed by atoms with Gasteiger partial charge in [-0.1, -0.05) is 0 Å². The molecule has 7 heteroatoms. The highest BCUT2D eigenvalue weighted by Crippen LogP contribution is 2.40. The van der Waals surface area contributed by atoms with Crippen LogP contribution in [0.15, 0.2) is 22.4 Å². The lowest BCUT2D eigenvalue weighted by Crippen LogP contribution is -2.06. The Labute approximate surface area is 123 Å². The van der Waals surface area contributed by atoms with Gasteiger partial charge in [-0.3, -0.25) is 0 Å². The minimum absolute atomic E-state index is 0.0126. The van der Waals surface area contributed by atoms with Crippen LogP contribution in [-0.4, -0.2) is 45.1 Å². The summed E-state index contributed by atoms with van der Waals surface area (Å²) in [6.07, 6.45) is 2.38. The van der Waals surface area contributed by atoms with Crippen molar-refractivity contribution < 1.29 is 28.1 Å². The largest absolute Gasteiger partial charge is 0.493 e. The minimum atomic E-state index is -3.52. The number of aliphatic hydroxyl groups is 2. The van der Waals surface area contributed by atoms with Crippen LogP contribution in [-0.2, 0) is 9.84 Å². The predicted molar refractivity (Wildman–Crippen MR) is 77.1 cm³/mol. The molecule has 0 amide bonds. The Hall–Kier alpha value is -1.57. The van der Waals surface area contributed by atoms with Gasteiger partial charge in [-0.25, -0.2) is 8.42 Å². The Balaban J connectivity index is 2.29. The summed E-state index contributed by atoms with van der Waals surface area (Å²) in [7, 11) is -3.52.